The third-order valence-electron chi connectivity index (χ3n) is 4.56. The number of amides is 1. The standard InChI is InChI=1S/C17H22N4O4S2/c1-11(16(22)21(2)13-8-9-27(23,24)10-13)26-17-18-15(19-20-17)12-4-6-14(25-3)7-5-12/h4-7,11,13H,8-10H2,1-3H3,(H,18,19,20)/t11-,13+/m0/s1. The molecule has 0 unspecified atom stereocenters. The van der Waals surface area contributed by atoms with E-state index in [0.717, 1.165) is 11.3 Å². The van der Waals surface area contributed by atoms with Crippen LogP contribution >= 0.6 is 11.8 Å². The highest BCUT2D eigenvalue weighted by Gasteiger charge is 2.34. The Bertz CT molecular complexity index is 911. The summed E-state index contributed by atoms with van der Waals surface area (Å²) in [5.41, 5.74) is 0.863. The maximum atomic E-state index is 12.6. The van der Waals surface area contributed by atoms with Crippen molar-refractivity contribution in [1.82, 2.24) is 20.1 Å². The Morgan fingerprint density at radius 2 is 2.07 bits per heavy atom. The number of carbonyl (C=O) groups excluding carboxylic acids is 1. The van der Waals surface area contributed by atoms with Gasteiger partial charge in [0, 0.05) is 18.7 Å². The van der Waals surface area contributed by atoms with Gasteiger partial charge in [-0.05, 0) is 37.6 Å². The van der Waals surface area contributed by atoms with Gasteiger partial charge in [0.15, 0.2) is 15.7 Å². The molecule has 1 aromatic heterocycles. The number of hydrogen-bond acceptors (Lipinski definition) is 7. The van der Waals surface area contributed by atoms with Crippen molar-refractivity contribution in [1.29, 1.82) is 0 Å². The normalized spacial score (nSPS) is 19.6. The number of sulfone groups is 1. The summed E-state index contributed by atoms with van der Waals surface area (Å²) in [6.07, 6.45) is 0.490. The molecule has 8 nitrogen and oxygen atoms in total. The Morgan fingerprint density at radius 3 is 2.67 bits per heavy atom. The molecule has 0 bridgehead atoms. The molecule has 1 amide bonds. The van der Waals surface area contributed by atoms with Crippen LogP contribution in [0.25, 0.3) is 11.4 Å². The van der Waals surface area contributed by atoms with Crippen molar-refractivity contribution in [2.24, 2.45) is 0 Å². The molecule has 3 rings (SSSR count). The van der Waals surface area contributed by atoms with E-state index in [4.69, 9.17) is 4.74 Å². The zero-order chi connectivity index (χ0) is 19.6. The van der Waals surface area contributed by atoms with Crippen LogP contribution < -0.4 is 4.74 Å². The van der Waals surface area contributed by atoms with E-state index in [-0.39, 0.29) is 23.5 Å². The van der Waals surface area contributed by atoms with Crippen LogP contribution in [0.4, 0.5) is 0 Å². The van der Waals surface area contributed by atoms with Crippen LogP contribution in [-0.2, 0) is 14.6 Å². The van der Waals surface area contributed by atoms with E-state index >= 15 is 0 Å². The number of benzene rings is 1. The molecule has 0 radical (unpaired) electrons. The third-order valence-corrected chi connectivity index (χ3v) is 7.26. The maximum Gasteiger partial charge on any atom is 0.235 e. The van der Waals surface area contributed by atoms with E-state index < -0.39 is 15.1 Å². The van der Waals surface area contributed by atoms with Crippen LogP contribution in [-0.4, -0.2) is 71.4 Å². The van der Waals surface area contributed by atoms with Crippen molar-refractivity contribution >= 4 is 27.5 Å². The van der Waals surface area contributed by atoms with Gasteiger partial charge in [-0.2, -0.15) is 0 Å². The second-order valence-corrected chi connectivity index (χ2v) is 10.00. The van der Waals surface area contributed by atoms with Crippen molar-refractivity contribution in [2.45, 2.75) is 29.8 Å². The van der Waals surface area contributed by atoms with Crippen LogP contribution in [0.5, 0.6) is 5.75 Å². The number of thioether (sulfide) groups is 1. The summed E-state index contributed by atoms with van der Waals surface area (Å²) in [5, 5.41) is 7.09. The van der Waals surface area contributed by atoms with Gasteiger partial charge in [-0.3, -0.25) is 9.89 Å². The minimum absolute atomic E-state index is 0.0366. The topological polar surface area (TPSA) is 105 Å². The monoisotopic (exact) mass is 410 g/mol. The van der Waals surface area contributed by atoms with Crippen LogP contribution in [0.1, 0.15) is 13.3 Å². The number of aromatic amines is 1. The van der Waals surface area contributed by atoms with E-state index in [1.165, 1.54) is 11.8 Å². The van der Waals surface area contributed by atoms with Gasteiger partial charge in [-0.25, -0.2) is 13.4 Å². The van der Waals surface area contributed by atoms with E-state index in [1.54, 1.807) is 26.0 Å². The quantitative estimate of drug-likeness (QED) is 0.721. The fourth-order valence-electron chi connectivity index (χ4n) is 2.93. The van der Waals surface area contributed by atoms with Crippen molar-refractivity contribution in [3.63, 3.8) is 0 Å². The first-order valence-electron chi connectivity index (χ1n) is 8.49. The van der Waals surface area contributed by atoms with Gasteiger partial charge < -0.3 is 9.64 Å². The Balaban J connectivity index is 1.63. The number of aromatic nitrogens is 3. The molecule has 1 aromatic carbocycles. The lowest BCUT2D eigenvalue weighted by Crippen LogP contribution is -2.41. The first kappa shape index (κ1) is 19.7. The number of H-pyrrole nitrogens is 1. The zero-order valence-corrected chi connectivity index (χ0v) is 17.0. The minimum Gasteiger partial charge on any atom is -0.497 e. The van der Waals surface area contributed by atoms with Crippen molar-refractivity contribution in [2.75, 3.05) is 25.7 Å². The van der Waals surface area contributed by atoms with Crippen LogP contribution in [0.2, 0.25) is 0 Å². The predicted molar refractivity (Wildman–Crippen MR) is 104 cm³/mol. The van der Waals surface area contributed by atoms with E-state index in [0.29, 0.717) is 17.4 Å². The number of methoxy groups -OCH3 is 1. The zero-order valence-electron chi connectivity index (χ0n) is 15.4. The summed E-state index contributed by atoms with van der Waals surface area (Å²) >= 11 is 1.24. The van der Waals surface area contributed by atoms with Gasteiger partial charge in [0.25, 0.3) is 0 Å². The molecule has 27 heavy (non-hydrogen) atoms. The van der Waals surface area contributed by atoms with Crippen LogP contribution in [0, 0.1) is 0 Å². The van der Waals surface area contributed by atoms with Gasteiger partial charge in [-0.1, -0.05) is 11.8 Å². The molecular weight excluding hydrogens is 388 g/mol. The number of rotatable bonds is 6. The van der Waals surface area contributed by atoms with E-state index in [2.05, 4.69) is 15.2 Å². The molecule has 0 aliphatic carbocycles. The molecule has 10 heteroatoms. The van der Waals surface area contributed by atoms with Crippen LogP contribution in [0.15, 0.2) is 29.4 Å². The summed E-state index contributed by atoms with van der Waals surface area (Å²) < 4.78 is 28.4. The van der Waals surface area contributed by atoms with Gasteiger partial charge in [0.2, 0.25) is 11.1 Å². The Hall–Kier alpha value is -2.07. The fraction of sp³-hybridized carbons (Fsp3) is 0.471. The van der Waals surface area contributed by atoms with Crippen molar-refractivity contribution in [3.8, 4) is 17.1 Å². The highest BCUT2D eigenvalue weighted by molar-refractivity contribution is 8.00. The predicted octanol–water partition coefficient (Wildman–Crippen LogP) is 1.61. The summed E-state index contributed by atoms with van der Waals surface area (Å²) in [6, 6.07) is 7.16. The fourth-order valence-corrected chi connectivity index (χ4v) is 5.53. The Morgan fingerprint density at radius 1 is 1.37 bits per heavy atom. The lowest BCUT2D eigenvalue weighted by atomic mass is 10.2. The van der Waals surface area contributed by atoms with Gasteiger partial charge >= 0.3 is 0 Å². The highest BCUT2D eigenvalue weighted by Crippen LogP contribution is 2.26. The molecule has 1 saturated heterocycles. The molecule has 2 atom stereocenters. The number of ether oxygens (including phenoxy) is 1. The average Bonchev–Trinajstić information content (AvgIpc) is 3.26. The molecule has 0 spiro atoms. The molecule has 1 fully saturated rings. The maximum absolute atomic E-state index is 12.6. The van der Waals surface area contributed by atoms with Gasteiger partial charge in [0.1, 0.15) is 5.75 Å². The molecule has 0 saturated carbocycles. The lowest BCUT2D eigenvalue weighted by molar-refractivity contribution is -0.130. The average molecular weight is 411 g/mol. The second-order valence-electron chi connectivity index (χ2n) is 6.46. The minimum atomic E-state index is -3.03. The molecule has 146 valence electrons. The summed E-state index contributed by atoms with van der Waals surface area (Å²) in [6.45, 7) is 1.77. The Kier molecular flexibility index (Phi) is 5.75. The molecule has 2 heterocycles. The van der Waals surface area contributed by atoms with Crippen LogP contribution in [0.3, 0.4) is 0 Å². The molecule has 1 aliphatic heterocycles. The molecule has 1 aliphatic rings. The number of nitrogens with zero attached hydrogens (tertiary/aromatic N) is 3. The first-order chi connectivity index (χ1) is 12.8. The smallest absolute Gasteiger partial charge is 0.235 e. The van der Waals surface area contributed by atoms with Gasteiger partial charge in [0.05, 0.1) is 23.9 Å². The molecule has 2 aromatic rings. The second kappa shape index (κ2) is 7.89. The third kappa shape index (κ3) is 4.62. The highest BCUT2D eigenvalue weighted by atomic mass is 32.2. The SMILES string of the molecule is COc1ccc(-c2nc(S[C@@H](C)C(=O)N(C)[C@@H]3CCS(=O)(=O)C3)n[nH]2)cc1. The lowest BCUT2D eigenvalue weighted by Gasteiger charge is -2.25. The van der Waals surface area contributed by atoms with Gasteiger partial charge in [-0.15, -0.1) is 5.10 Å². The number of hydrogen-bond donors (Lipinski definition) is 1. The van der Waals surface area contributed by atoms with Crippen molar-refractivity contribution in [3.05, 3.63) is 24.3 Å². The number of carbonyl (C=O) groups is 1. The number of nitrogens with one attached hydrogen (secondary N) is 1. The summed E-state index contributed by atoms with van der Waals surface area (Å²) in [7, 11) is 0.234. The molecule has 1 N–H and O–H groups in total. The summed E-state index contributed by atoms with van der Waals surface area (Å²) in [5.74, 6) is 1.41. The van der Waals surface area contributed by atoms with E-state index in [9.17, 15) is 13.2 Å². The van der Waals surface area contributed by atoms with Crippen molar-refractivity contribution < 1.29 is 17.9 Å². The Labute approximate surface area is 162 Å². The van der Waals surface area contributed by atoms with E-state index in [1.807, 2.05) is 24.3 Å². The largest absolute Gasteiger partial charge is 0.497 e. The summed E-state index contributed by atoms with van der Waals surface area (Å²) in [4.78, 5) is 18.6. The molecular formula is C17H22N4O4S2. The first-order valence-corrected chi connectivity index (χ1v) is 11.2.